The van der Waals surface area contributed by atoms with Crippen molar-refractivity contribution in [2.75, 3.05) is 0 Å². The van der Waals surface area contributed by atoms with Gasteiger partial charge in [0.1, 0.15) is 10.8 Å². The molecule has 0 unspecified atom stereocenters. The average molecular weight is 370 g/mol. The molecule has 23 heavy (non-hydrogen) atoms. The summed E-state index contributed by atoms with van der Waals surface area (Å²) in [6, 6.07) is 12.5. The van der Waals surface area contributed by atoms with Gasteiger partial charge >= 0.3 is 0 Å². The van der Waals surface area contributed by atoms with Crippen molar-refractivity contribution in [3.05, 3.63) is 76.7 Å². The molecule has 0 N–H and O–H groups in total. The minimum atomic E-state index is -3.83. The summed E-state index contributed by atoms with van der Waals surface area (Å²) in [6.07, 6.45) is 1.58. The fourth-order valence-electron chi connectivity index (χ4n) is 2.19. The third-order valence-corrected chi connectivity index (χ3v) is 5.61. The Balaban J connectivity index is 2.18. The first-order valence-electron chi connectivity index (χ1n) is 6.53. The van der Waals surface area contributed by atoms with Crippen LogP contribution in [0.25, 0.3) is 5.69 Å². The number of hydrogen-bond donors (Lipinski definition) is 0. The molecule has 0 bridgehead atoms. The second-order valence-corrected chi connectivity index (χ2v) is 7.51. The van der Waals surface area contributed by atoms with E-state index in [0.717, 1.165) is 12.1 Å². The van der Waals surface area contributed by atoms with E-state index in [1.165, 1.54) is 22.8 Å². The number of aromatic nitrogens is 1. The Morgan fingerprint density at radius 3 is 2.35 bits per heavy atom. The Hall–Kier alpha value is -1.82. The Kier molecular flexibility index (Phi) is 4.19. The Bertz CT molecular complexity index is 966. The lowest BCUT2D eigenvalue weighted by atomic mass is 10.3. The first-order valence-corrected chi connectivity index (χ1v) is 8.77. The molecular weight excluding hydrogens is 360 g/mol. The summed E-state index contributed by atoms with van der Waals surface area (Å²) in [5.41, 5.74) is 0.449. The van der Waals surface area contributed by atoms with E-state index in [1.807, 2.05) is 0 Å². The molecule has 0 radical (unpaired) electrons. The molecule has 0 spiro atoms. The fourth-order valence-corrected chi connectivity index (χ4v) is 3.97. The van der Waals surface area contributed by atoms with Gasteiger partial charge in [-0.15, -0.1) is 0 Å². The molecule has 0 fully saturated rings. The Morgan fingerprint density at radius 2 is 1.65 bits per heavy atom. The minimum Gasteiger partial charge on any atom is -0.306 e. The van der Waals surface area contributed by atoms with Crippen molar-refractivity contribution in [3.63, 3.8) is 0 Å². The summed E-state index contributed by atoms with van der Waals surface area (Å²) in [4.78, 5) is -0.00278. The van der Waals surface area contributed by atoms with E-state index in [0.29, 0.717) is 15.7 Å². The topological polar surface area (TPSA) is 39.1 Å². The predicted octanol–water partition coefficient (Wildman–Crippen LogP) is 4.76. The first kappa shape index (κ1) is 16.1. The van der Waals surface area contributed by atoms with Crippen LogP contribution in [0.1, 0.15) is 0 Å². The van der Waals surface area contributed by atoms with Gasteiger partial charge in [-0.3, -0.25) is 0 Å². The maximum absolute atomic E-state index is 13.0. The van der Waals surface area contributed by atoms with Crippen molar-refractivity contribution >= 4 is 33.0 Å². The summed E-state index contributed by atoms with van der Waals surface area (Å²) in [6.45, 7) is 0. The summed E-state index contributed by atoms with van der Waals surface area (Å²) in [5.74, 6) is -0.503. The van der Waals surface area contributed by atoms with E-state index in [2.05, 4.69) is 0 Å². The van der Waals surface area contributed by atoms with Crippen LogP contribution in [0.4, 0.5) is 4.39 Å². The SMILES string of the molecule is O=S(=O)(c1ccc(F)cc1)c1cccn1-c1cc(Cl)ccc1Cl. The molecule has 118 valence electrons. The van der Waals surface area contributed by atoms with Gasteiger partial charge in [-0.05, 0) is 54.6 Å². The summed E-state index contributed by atoms with van der Waals surface area (Å²) in [7, 11) is -3.83. The van der Waals surface area contributed by atoms with Gasteiger partial charge in [-0.1, -0.05) is 23.2 Å². The molecule has 3 aromatic rings. The smallest absolute Gasteiger partial charge is 0.222 e. The van der Waals surface area contributed by atoms with Gasteiger partial charge in [0.05, 0.1) is 15.6 Å². The van der Waals surface area contributed by atoms with Crippen LogP contribution in [0.3, 0.4) is 0 Å². The molecule has 1 heterocycles. The highest BCUT2D eigenvalue weighted by Crippen LogP contribution is 2.29. The van der Waals surface area contributed by atoms with Gasteiger partial charge in [-0.25, -0.2) is 12.8 Å². The molecule has 3 rings (SSSR count). The van der Waals surface area contributed by atoms with Gasteiger partial charge in [0.25, 0.3) is 0 Å². The second kappa shape index (κ2) is 6.00. The summed E-state index contributed by atoms with van der Waals surface area (Å²) >= 11 is 12.1. The zero-order valence-corrected chi connectivity index (χ0v) is 13.9. The van der Waals surface area contributed by atoms with E-state index in [9.17, 15) is 12.8 Å². The molecule has 0 saturated carbocycles. The lowest BCUT2D eigenvalue weighted by Crippen LogP contribution is -2.08. The molecular formula is C16H10Cl2FNO2S. The molecule has 2 aromatic carbocycles. The van der Waals surface area contributed by atoms with Crippen LogP contribution in [0.5, 0.6) is 0 Å². The van der Waals surface area contributed by atoms with Crippen LogP contribution in [0, 0.1) is 5.82 Å². The van der Waals surface area contributed by atoms with Crippen molar-refractivity contribution in [2.45, 2.75) is 9.92 Å². The maximum atomic E-state index is 13.0. The van der Waals surface area contributed by atoms with E-state index >= 15 is 0 Å². The Morgan fingerprint density at radius 1 is 0.957 bits per heavy atom. The van der Waals surface area contributed by atoms with Crippen LogP contribution in [-0.2, 0) is 9.84 Å². The van der Waals surface area contributed by atoms with Gasteiger partial charge in [0.2, 0.25) is 9.84 Å². The minimum absolute atomic E-state index is 0.00278. The predicted molar refractivity (Wildman–Crippen MR) is 87.6 cm³/mol. The van der Waals surface area contributed by atoms with Crippen LogP contribution in [-0.4, -0.2) is 13.0 Å². The zero-order valence-electron chi connectivity index (χ0n) is 11.6. The van der Waals surface area contributed by atoms with Crippen molar-refractivity contribution in [1.29, 1.82) is 0 Å². The quantitative estimate of drug-likeness (QED) is 0.624. The van der Waals surface area contributed by atoms with E-state index in [4.69, 9.17) is 23.2 Å². The average Bonchev–Trinajstić information content (AvgIpc) is 3.00. The number of hydrogen-bond acceptors (Lipinski definition) is 2. The second-order valence-electron chi connectivity index (χ2n) is 4.77. The molecule has 7 heteroatoms. The van der Waals surface area contributed by atoms with Gasteiger partial charge in [0.15, 0.2) is 0 Å². The molecule has 0 saturated heterocycles. The fraction of sp³-hybridized carbons (Fsp3) is 0. The van der Waals surface area contributed by atoms with Crippen molar-refractivity contribution in [3.8, 4) is 5.69 Å². The lowest BCUT2D eigenvalue weighted by molar-refractivity contribution is 0.588. The van der Waals surface area contributed by atoms with Gasteiger partial charge in [-0.2, -0.15) is 0 Å². The number of nitrogens with zero attached hydrogens (tertiary/aromatic N) is 1. The number of rotatable bonds is 3. The monoisotopic (exact) mass is 369 g/mol. The van der Waals surface area contributed by atoms with Crippen molar-refractivity contribution in [2.24, 2.45) is 0 Å². The van der Waals surface area contributed by atoms with E-state index < -0.39 is 15.7 Å². The maximum Gasteiger partial charge on any atom is 0.222 e. The van der Waals surface area contributed by atoms with Crippen LogP contribution in [0.15, 0.2) is 70.7 Å². The number of benzene rings is 2. The lowest BCUT2D eigenvalue weighted by Gasteiger charge is -2.12. The zero-order chi connectivity index (χ0) is 16.6. The molecule has 0 amide bonds. The number of halogens is 3. The Labute approximate surface area is 142 Å². The molecule has 0 aliphatic heterocycles. The molecule has 0 aliphatic carbocycles. The van der Waals surface area contributed by atoms with Crippen molar-refractivity contribution < 1.29 is 12.8 Å². The van der Waals surface area contributed by atoms with E-state index in [1.54, 1.807) is 30.5 Å². The van der Waals surface area contributed by atoms with Crippen LogP contribution in [0.2, 0.25) is 10.0 Å². The molecule has 0 aliphatic rings. The van der Waals surface area contributed by atoms with Gasteiger partial charge < -0.3 is 4.57 Å². The summed E-state index contributed by atoms with van der Waals surface area (Å²) < 4.78 is 40.0. The van der Waals surface area contributed by atoms with Crippen molar-refractivity contribution in [1.82, 2.24) is 4.57 Å². The summed E-state index contributed by atoms with van der Waals surface area (Å²) in [5, 5.41) is 0.817. The highest BCUT2D eigenvalue weighted by atomic mass is 35.5. The van der Waals surface area contributed by atoms with Crippen LogP contribution < -0.4 is 0 Å². The van der Waals surface area contributed by atoms with E-state index in [-0.39, 0.29) is 9.92 Å². The highest BCUT2D eigenvalue weighted by molar-refractivity contribution is 7.91. The molecule has 1 aromatic heterocycles. The number of sulfone groups is 1. The largest absolute Gasteiger partial charge is 0.306 e. The third-order valence-electron chi connectivity index (χ3n) is 3.28. The third kappa shape index (κ3) is 3.00. The van der Waals surface area contributed by atoms with Gasteiger partial charge in [0, 0.05) is 11.2 Å². The van der Waals surface area contributed by atoms with Crippen LogP contribution >= 0.6 is 23.2 Å². The standard InChI is InChI=1S/C16H10Cl2FNO2S/c17-11-3-8-14(18)15(10-11)20-9-1-2-16(20)23(21,22)13-6-4-12(19)5-7-13/h1-10H. The molecule has 3 nitrogen and oxygen atoms in total. The normalized spacial score (nSPS) is 11.6. The first-order chi connectivity index (χ1) is 10.9. The highest BCUT2D eigenvalue weighted by Gasteiger charge is 2.23. The molecule has 0 atom stereocenters.